The lowest BCUT2D eigenvalue weighted by molar-refractivity contribution is -0.154. The number of nitrogens with one attached hydrogen (secondary N) is 1. The molecule has 2 fully saturated rings. The molecule has 1 aliphatic heterocycles. The second-order valence-corrected chi connectivity index (χ2v) is 11.1. The SMILES string of the molecule is CCCCCCCCOC(=O)[C@@H]1C[C@H]2CC(F)(CCc3nn[nH]n3)CC[C@H]2CN1C(=O)OCc1ccccc1. The van der Waals surface area contributed by atoms with Crippen LogP contribution in [-0.4, -0.2) is 62.4 Å². The number of alkyl halides is 1. The molecule has 2 aromatic rings. The minimum Gasteiger partial charge on any atom is -0.464 e. The Labute approximate surface area is 230 Å². The van der Waals surface area contributed by atoms with Crippen molar-refractivity contribution < 1.29 is 23.5 Å². The van der Waals surface area contributed by atoms with Gasteiger partial charge in [0.25, 0.3) is 0 Å². The van der Waals surface area contributed by atoms with E-state index in [4.69, 9.17) is 9.47 Å². The van der Waals surface area contributed by atoms with Gasteiger partial charge >= 0.3 is 12.1 Å². The first-order chi connectivity index (χ1) is 19.0. The molecule has 39 heavy (non-hydrogen) atoms. The van der Waals surface area contributed by atoms with Crippen molar-refractivity contribution in [3.8, 4) is 0 Å². The maximum atomic E-state index is 15.9. The standard InChI is InChI=1S/C29H42FN5O4/c1-2-3-4-5-6-10-17-38-27(36)25-18-24-19-29(30,16-14-26-31-33-34-32-26)15-13-23(24)20-35(25)28(37)39-21-22-11-8-7-9-12-22/h7-9,11-12,23-25H,2-6,10,13-21H2,1H3,(H,31,32,33,34)/t23-,24-,25-,29?/m0/s1. The first-order valence-corrected chi connectivity index (χ1v) is 14.5. The summed E-state index contributed by atoms with van der Waals surface area (Å²) in [6.07, 6.45) is 8.52. The zero-order valence-electron chi connectivity index (χ0n) is 23.0. The van der Waals surface area contributed by atoms with Crippen molar-refractivity contribution in [3.05, 3.63) is 41.7 Å². The normalized spacial score (nSPS) is 24.7. The summed E-state index contributed by atoms with van der Waals surface area (Å²) >= 11 is 0. The van der Waals surface area contributed by atoms with E-state index >= 15 is 4.39 Å². The highest BCUT2D eigenvalue weighted by Gasteiger charge is 2.49. The molecular weight excluding hydrogens is 501 g/mol. The number of hydrogen-bond acceptors (Lipinski definition) is 7. The topological polar surface area (TPSA) is 110 Å². The van der Waals surface area contributed by atoms with Gasteiger partial charge in [0.05, 0.1) is 6.61 Å². The molecule has 9 nitrogen and oxygen atoms in total. The number of tetrazole rings is 1. The number of aromatic nitrogens is 4. The summed E-state index contributed by atoms with van der Waals surface area (Å²) in [4.78, 5) is 28.0. The molecular formula is C29H42FN5O4. The van der Waals surface area contributed by atoms with E-state index in [0.29, 0.717) is 57.5 Å². The molecule has 1 N–H and O–H groups in total. The van der Waals surface area contributed by atoms with Crippen LogP contribution < -0.4 is 0 Å². The number of hydrogen-bond donors (Lipinski definition) is 1. The van der Waals surface area contributed by atoms with Crippen LogP contribution in [0.25, 0.3) is 0 Å². The summed E-state index contributed by atoms with van der Waals surface area (Å²) in [5, 5.41) is 13.8. The molecule has 214 valence electrons. The Morgan fingerprint density at radius 2 is 1.90 bits per heavy atom. The molecule has 0 radical (unpaired) electrons. The molecule has 4 rings (SSSR count). The molecule has 2 heterocycles. The lowest BCUT2D eigenvalue weighted by Crippen LogP contribution is -2.56. The number of amides is 1. The highest BCUT2D eigenvalue weighted by molar-refractivity contribution is 5.81. The van der Waals surface area contributed by atoms with Gasteiger partial charge in [-0.25, -0.2) is 14.0 Å². The van der Waals surface area contributed by atoms with Crippen LogP contribution in [0.1, 0.15) is 88.9 Å². The van der Waals surface area contributed by atoms with E-state index in [2.05, 4.69) is 27.5 Å². The van der Waals surface area contributed by atoms with Gasteiger partial charge < -0.3 is 9.47 Å². The number of unbranched alkanes of at least 4 members (excludes halogenated alkanes) is 5. The summed E-state index contributed by atoms with van der Waals surface area (Å²) in [6, 6.07) is 8.70. The van der Waals surface area contributed by atoms with Gasteiger partial charge in [-0.05, 0) is 55.9 Å². The van der Waals surface area contributed by atoms with Crippen molar-refractivity contribution >= 4 is 12.1 Å². The van der Waals surface area contributed by atoms with Crippen molar-refractivity contribution in [2.75, 3.05) is 13.2 Å². The number of halogens is 1. The average molecular weight is 544 g/mol. The number of benzene rings is 1. The molecule has 0 bridgehead atoms. The monoisotopic (exact) mass is 543 g/mol. The predicted octanol–water partition coefficient (Wildman–Crippen LogP) is 5.57. The van der Waals surface area contributed by atoms with E-state index in [0.717, 1.165) is 24.8 Å². The van der Waals surface area contributed by atoms with Gasteiger partial charge in [0.15, 0.2) is 5.82 Å². The molecule has 1 unspecified atom stereocenters. The quantitative estimate of drug-likeness (QED) is 0.260. The van der Waals surface area contributed by atoms with Gasteiger partial charge in [-0.3, -0.25) is 4.90 Å². The zero-order valence-corrected chi connectivity index (χ0v) is 23.0. The first-order valence-electron chi connectivity index (χ1n) is 14.5. The smallest absolute Gasteiger partial charge is 0.410 e. The molecule has 2 aliphatic rings. The number of rotatable bonds is 13. The average Bonchev–Trinajstić information content (AvgIpc) is 3.48. The van der Waals surface area contributed by atoms with Crippen LogP contribution in [0, 0.1) is 11.8 Å². The lowest BCUT2D eigenvalue weighted by Gasteiger charge is -2.47. The third-order valence-electron chi connectivity index (χ3n) is 8.23. The Hall–Kier alpha value is -3.04. The Kier molecular flexibility index (Phi) is 10.7. The molecule has 1 aliphatic carbocycles. The van der Waals surface area contributed by atoms with E-state index in [1.54, 1.807) is 0 Å². The van der Waals surface area contributed by atoms with Crippen molar-refractivity contribution in [3.63, 3.8) is 0 Å². The predicted molar refractivity (Wildman–Crippen MR) is 143 cm³/mol. The van der Waals surface area contributed by atoms with Gasteiger partial charge in [0.1, 0.15) is 18.3 Å². The molecule has 4 atom stereocenters. The van der Waals surface area contributed by atoms with Crippen LogP contribution in [0.2, 0.25) is 0 Å². The van der Waals surface area contributed by atoms with E-state index in [1.165, 1.54) is 24.2 Å². The van der Waals surface area contributed by atoms with Gasteiger partial charge in [-0.2, -0.15) is 5.21 Å². The van der Waals surface area contributed by atoms with E-state index in [-0.39, 0.29) is 18.4 Å². The van der Waals surface area contributed by atoms with Gasteiger partial charge in [0.2, 0.25) is 0 Å². The zero-order chi connectivity index (χ0) is 27.5. The third-order valence-corrected chi connectivity index (χ3v) is 8.23. The lowest BCUT2D eigenvalue weighted by atomic mass is 9.67. The highest BCUT2D eigenvalue weighted by atomic mass is 19.1. The van der Waals surface area contributed by atoms with E-state index in [9.17, 15) is 9.59 Å². The molecule has 1 saturated carbocycles. The van der Waals surface area contributed by atoms with Crippen LogP contribution in [0.3, 0.4) is 0 Å². The second-order valence-electron chi connectivity index (χ2n) is 11.1. The van der Waals surface area contributed by atoms with Crippen molar-refractivity contribution in [2.24, 2.45) is 11.8 Å². The van der Waals surface area contributed by atoms with Crippen LogP contribution in [0.4, 0.5) is 9.18 Å². The van der Waals surface area contributed by atoms with Crippen LogP contribution >= 0.6 is 0 Å². The largest absolute Gasteiger partial charge is 0.464 e. The van der Waals surface area contributed by atoms with Crippen molar-refractivity contribution in [2.45, 2.75) is 102 Å². The number of H-pyrrole nitrogens is 1. The molecule has 1 amide bonds. The minimum absolute atomic E-state index is 0.0150. The first kappa shape index (κ1) is 29.0. The Morgan fingerprint density at radius 3 is 2.67 bits per heavy atom. The number of fused-ring (bicyclic) bond motifs is 1. The number of carbonyl (C=O) groups is 2. The van der Waals surface area contributed by atoms with Crippen molar-refractivity contribution in [1.82, 2.24) is 25.5 Å². The Bertz CT molecular complexity index is 1020. The number of nitrogens with zero attached hydrogens (tertiary/aromatic N) is 4. The Balaban J connectivity index is 1.36. The Morgan fingerprint density at radius 1 is 1.10 bits per heavy atom. The number of ether oxygens (including phenoxy) is 2. The number of carbonyl (C=O) groups excluding carboxylic acids is 2. The van der Waals surface area contributed by atoms with Crippen LogP contribution in [0.15, 0.2) is 30.3 Å². The summed E-state index contributed by atoms with van der Waals surface area (Å²) in [5.41, 5.74) is -0.477. The fourth-order valence-corrected chi connectivity index (χ4v) is 5.96. The summed E-state index contributed by atoms with van der Waals surface area (Å²) < 4.78 is 27.2. The fraction of sp³-hybridized carbons (Fsp3) is 0.690. The van der Waals surface area contributed by atoms with Crippen LogP contribution in [0.5, 0.6) is 0 Å². The van der Waals surface area contributed by atoms with E-state index < -0.39 is 23.8 Å². The van der Waals surface area contributed by atoms with Gasteiger partial charge in [-0.1, -0.05) is 74.6 Å². The molecule has 1 aromatic carbocycles. The number of likely N-dealkylation sites (tertiary alicyclic amines) is 1. The molecule has 1 saturated heterocycles. The van der Waals surface area contributed by atoms with Crippen molar-refractivity contribution in [1.29, 1.82) is 0 Å². The number of piperidine rings is 1. The second kappa shape index (κ2) is 14.4. The molecule has 10 heteroatoms. The maximum Gasteiger partial charge on any atom is 0.410 e. The van der Waals surface area contributed by atoms with E-state index in [1.807, 2.05) is 30.3 Å². The highest BCUT2D eigenvalue weighted by Crippen LogP contribution is 2.46. The number of aromatic amines is 1. The summed E-state index contributed by atoms with van der Waals surface area (Å²) in [5.74, 6) is 0.187. The molecule has 1 aromatic heterocycles. The van der Waals surface area contributed by atoms with Gasteiger partial charge in [-0.15, -0.1) is 10.2 Å². The molecule has 0 spiro atoms. The fourth-order valence-electron chi connectivity index (χ4n) is 5.96. The third kappa shape index (κ3) is 8.47. The van der Waals surface area contributed by atoms with Gasteiger partial charge in [0, 0.05) is 13.0 Å². The minimum atomic E-state index is -1.36. The number of esters is 1. The summed E-state index contributed by atoms with van der Waals surface area (Å²) in [6.45, 7) is 3.02. The maximum absolute atomic E-state index is 15.9. The van der Waals surface area contributed by atoms with Crippen LogP contribution in [-0.2, 0) is 27.3 Å². The number of aryl methyl sites for hydroxylation is 1. The summed E-state index contributed by atoms with van der Waals surface area (Å²) in [7, 11) is 0.